The summed E-state index contributed by atoms with van der Waals surface area (Å²) < 4.78 is 4.47. The van der Waals surface area contributed by atoms with Gasteiger partial charge in [-0.15, -0.1) is 0 Å². The van der Waals surface area contributed by atoms with Gasteiger partial charge < -0.3 is 25.2 Å². The van der Waals surface area contributed by atoms with Crippen molar-refractivity contribution < 1.29 is 25.2 Å². The van der Waals surface area contributed by atoms with Gasteiger partial charge in [-0.2, -0.15) is 0 Å². The Morgan fingerprint density at radius 3 is 2.10 bits per heavy atom. The smallest absolute Gasteiger partial charge is 0.183 e. The Morgan fingerprint density at radius 1 is 1.00 bits per heavy atom. The van der Waals surface area contributed by atoms with Gasteiger partial charge in [0.1, 0.15) is 18.3 Å². The highest BCUT2D eigenvalue weighted by atomic mass is 16.6. The zero-order valence-corrected chi connectivity index (χ0v) is 5.21. The van der Waals surface area contributed by atoms with Gasteiger partial charge in [0.2, 0.25) is 0 Å². The Balaban J connectivity index is 2.52. The Hall–Kier alpha value is -0.200. The van der Waals surface area contributed by atoms with Gasteiger partial charge in [0.25, 0.3) is 0 Å². The molecule has 1 aliphatic heterocycles. The van der Waals surface area contributed by atoms with Crippen molar-refractivity contribution in [2.75, 3.05) is 6.61 Å². The standard InChI is InChI=1S/C5H10O5/c6-2-1-10-5(9)4(8)3(2)7/h2-9H,1H2/t2-,3+,4+,5-/m0/s1. The monoisotopic (exact) mass is 150 g/mol. The number of hydrogen-bond donors (Lipinski definition) is 4. The Kier molecular flexibility index (Phi) is 2.22. The Labute approximate surface area is 57.5 Å². The highest BCUT2D eigenvalue weighted by molar-refractivity contribution is 4.81. The van der Waals surface area contributed by atoms with Gasteiger partial charge in [-0.25, -0.2) is 0 Å². The normalized spacial score (nSPS) is 49.2. The number of aliphatic hydroxyl groups is 4. The molecule has 1 rings (SSSR count). The van der Waals surface area contributed by atoms with Crippen molar-refractivity contribution in [1.82, 2.24) is 0 Å². The number of rotatable bonds is 0. The zero-order valence-electron chi connectivity index (χ0n) is 5.21. The van der Waals surface area contributed by atoms with E-state index in [0.717, 1.165) is 0 Å². The van der Waals surface area contributed by atoms with E-state index in [-0.39, 0.29) is 6.61 Å². The van der Waals surface area contributed by atoms with Crippen LogP contribution in [0.25, 0.3) is 0 Å². The van der Waals surface area contributed by atoms with Crippen molar-refractivity contribution in [2.45, 2.75) is 24.6 Å². The first-order chi connectivity index (χ1) is 4.63. The average molecular weight is 150 g/mol. The van der Waals surface area contributed by atoms with Crippen LogP contribution < -0.4 is 0 Å². The molecule has 1 aliphatic rings. The van der Waals surface area contributed by atoms with Crippen LogP contribution in [0.1, 0.15) is 0 Å². The molecule has 5 heteroatoms. The highest BCUT2D eigenvalue weighted by Crippen LogP contribution is 2.12. The van der Waals surface area contributed by atoms with Crippen LogP contribution in [0, 0.1) is 0 Å². The largest absolute Gasteiger partial charge is 0.388 e. The van der Waals surface area contributed by atoms with E-state index < -0.39 is 24.6 Å². The molecule has 1 saturated heterocycles. The number of aliphatic hydroxyl groups excluding tert-OH is 4. The lowest BCUT2D eigenvalue weighted by Gasteiger charge is -2.31. The van der Waals surface area contributed by atoms with E-state index in [4.69, 9.17) is 20.4 Å². The maximum Gasteiger partial charge on any atom is 0.183 e. The van der Waals surface area contributed by atoms with Crippen LogP contribution in [0.5, 0.6) is 0 Å². The fourth-order valence-corrected chi connectivity index (χ4v) is 0.791. The molecule has 0 radical (unpaired) electrons. The molecule has 0 amide bonds. The first kappa shape index (κ1) is 7.90. The van der Waals surface area contributed by atoms with Crippen molar-refractivity contribution in [2.24, 2.45) is 0 Å². The maximum absolute atomic E-state index is 8.88. The molecule has 0 aromatic carbocycles. The minimum atomic E-state index is -1.41. The molecule has 1 fully saturated rings. The molecular weight excluding hydrogens is 140 g/mol. The molecule has 1 heterocycles. The number of ether oxygens (including phenoxy) is 1. The van der Waals surface area contributed by atoms with Crippen molar-refractivity contribution in [1.29, 1.82) is 0 Å². The second-order valence-corrected chi connectivity index (χ2v) is 2.27. The van der Waals surface area contributed by atoms with Gasteiger partial charge in [-0.3, -0.25) is 0 Å². The third-order valence-electron chi connectivity index (χ3n) is 1.47. The van der Waals surface area contributed by atoms with Crippen LogP contribution >= 0.6 is 0 Å². The van der Waals surface area contributed by atoms with Crippen molar-refractivity contribution in [3.8, 4) is 0 Å². The summed E-state index contributed by atoms with van der Waals surface area (Å²) in [6.45, 7) is -0.153. The second kappa shape index (κ2) is 2.81. The fourth-order valence-electron chi connectivity index (χ4n) is 0.791. The lowest BCUT2D eigenvalue weighted by atomic mass is 10.1. The second-order valence-electron chi connectivity index (χ2n) is 2.27. The third-order valence-corrected chi connectivity index (χ3v) is 1.47. The first-order valence-corrected chi connectivity index (χ1v) is 2.97. The van der Waals surface area contributed by atoms with E-state index >= 15 is 0 Å². The van der Waals surface area contributed by atoms with Gasteiger partial charge >= 0.3 is 0 Å². The Morgan fingerprint density at radius 2 is 1.60 bits per heavy atom. The predicted molar refractivity (Wildman–Crippen MR) is 30.0 cm³/mol. The van der Waals surface area contributed by atoms with Crippen LogP contribution in [-0.2, 0) is 4.74 Å². The summed E-state index contributed by atoms with van der Waals surface area (Å²) in [4.78, 5) is 0. The van der Waals surface area contributed by atoms with Crippen LogP contribution in [0.3, 0.4) is 0 Å². The average Bonchev–Trinajstić information content (AvgIpc) is 1.93. The molecule has 0 aromatic rings. The summed E-state index contributed by atoms with van der Waals surface area (Å²) in [5.41, 5.74) is 0. The van der Waals surface area contributed by atoms with Crippen LogP contribution in [0.2, 0.25) is 0 Å². The summed E-state index contributed by atoms with van der Waals surface area (Å²) in [6, 6.07) is 0. The molecule has 0 bridgehead atoms. The van der Waals surface area contributed by atoms with E-state index in [9.17, 15) is 0 Å². The van der Waals surface area contributed by atoms with Gasteiger partial charge in [-0.05, 0) is 0 Å². The van der Waals surface area contributed by atoms with E-state index in [2.05, 4.69) is 4.74 Å². The number of hydrogen-bond acceptors (Lipinski definition) is 5. The summed E-state index contributed by atoms with van der Waals surface area (Å²) in [5, 5.41) is 35.3. The summed E-state index contributed by atoms with van der Waals surface area (Å²) in [5.74, 6) is 0. The molecule has 0 saturated carbocycles. The van der Waals surface area contributed by atoms with Gasteiger partial charge in [-0.1, -0.05) is 0 Å². The molecule has 0 aliphatic carbocycles. The molecule has 4 atom stereocenters. The summed E-state index contributed by atoms with van der Waals surface area (Å²) >= 11 is 0. The minimum Gasteiger partial charge on any atom is -0.388 e. The lowest BCUT2D eigenvalue weighted by Crippen LogP contribution is -2.52. The molecule has 60 valence electrons. The van der Waals surface area contributed by atoms with Crippen LogP contribution in [0.4, 0.5) is 0 Å². The first-order valence-electron chi connectivity index (χ1n) is 2.97. The summed E-state index contributed by atoms with van der Waals surface area (Å²) in [6.07, 6.45) is -5.23. The lowest BCUT2D eigenvalue weighted by molar-refractivity contribution is -0.252. The van der Waals surface area contributed by atoms with Crippen molar-refractivity contribution in [3.05, 3.63) is 0 Å². The Bertz CT molecular complexity index is 103. The van der Waals surface area contributed by atoms with Crippen LogP contribution in [0.15, 0.2) is 0 Å². The maximum atomic E-state index is 8.88. The third kappa shape index (κ3) is 1.28. The molecule has 5 nitrogen and oxygen atoms in total. The van der Waals surface area contributed by atoms with Gasteiger partial charge in [0.05, 0.1) is 6.61 Å². The molecule has 10 heavy (non-hydrogen) atoms. The molecule has 0 aromatic heterocycles. The fraction of sp³-hybridized carbons (Fsp3) is 1.00. The van der Waals surface area contributed by atoms with E-state index in [1.165, 1.54) is 0 Å². The molecular formula is C5H10O5. The topological polar surface area (TPSA) is 90.2 Å². The quantitative estimate of drug-likeness (QED) is 0.304. The highest BCUT2D eigenvalue weighted by Gasteiger charge is 2.36. The minimum absolute atomic E-state index is 0.153. The van der Waals surface area contributed by atoms with Crippen molar-refractivity contribution in [3.63, 3.8) is 0 Å². The van der Waals surface area contributed by atoms with E-state index in [1.54, 1.807) is 0 Å². The van der Waals surface area contributed by atoms with Crippen LogP contribution in [-0.4, -0.2) is 51.6 Å². The molecule has 4 N–H and O–H groups in total. The predicted octanol–water partition coefficient (Wildman–Crippen LogP) is -2.58. The summed E-state index contributed by atoms with van der Waals surface area (Å²) in [7, 11) is 0. The van der Waals surface area contributed by atoms with E-state index in [0.29, 0.717) is 0 Å². The van der Waals surface area contributed by atoms with Gasteiger partial charge in [0.15, 0.2) is 6.29 Å². The molecule has 0 unspecified atom stereocenters. The zero-order chi connectivity index (χ0) is 7.72. The van der Waals surface area contributed by atoms with Crippen molar-refractivity contribution >= 4 is 0 Å². The van der Waals surface area contributed by atoms with Gasteiger partial charge in [0, 0.05) is 0 Å². The SMILES string of the molecule is O[C@@H]1[C@H](O)[C@@H](O)CO[C@@H]1O. The molecule has 0 spiro atoms. The van der Waals surface area contributed by atoms with E-state index in [1.807, 2.05) is 0 Å².